The van der Waals surface area contributed by atoms with Gasteiger partial charge in [-0.05, 0) is 136 Å². The van der Waals surface area contributed by atoms with E-state index >= 15 is 0 Å². The summed E-state index contributed by atoms with van der Waals surface area (Å²) in [4.78, 5) is 52.8. The molecule has 1 atom stereocenters. The zero-order chi connectivity index (χ0) is 43.9. The predicted octanol–water partition coefficient (Wildman–Crippen LogP) is 6.27. The first-order valence-electron chi connectivity index (χ1n) is 21.3. The van der Waals surface area contributed by atoms with E-state index in [4.69, 9.17) is 40.9 Å². The summed E-state index contributed by atoms with van der Waals surface area (Å²) in [7, 11) is 1.28. The minimum Gasteiger partial charge on any atom is -0.494 e. The molecular weight excluding hydrogens is 775 g/mol. The van der Waals surface area contributed by atoms with Crippen LogP contribution in [-0.2, 0) is 20.7 Å². The number of esters is 1. The zero-order valence-electron chi connectivity index (χ0n) is 36.1. The second-order valence-electron chi connectivity index (χ2n) is 15.1. The molecule has 2 aliphatic rings. The monoisotopic (exact) mass is 835 g/mol. The number of benzene rings is 1. The van der Waals surface area contributed by atoms with Gasteiger partial charge in [0, 0.05) is 37.8 Å². The maximum Gasteiger partial charge on any atom is 0.328 e. The van der Waals surface area contributed by atoms with Gasteiger partial charge in [-0.3, -0.25) is 19.8 Å². The Labute approximate surface area is 357 Å². The first-order chi connectivity index (χ1) is 29.5. The fourth-order valence-corrected chi connectivity index (χ4v) is 7.63. The second kappa shape index (κ2) is 22.6. The molecule has 2 aromatic heterocycles. The van der Waals surface area contributed by atoms with Gasteiger partial charge in [0.15, 0.2) is 5.96 Å². The van der Waals surface area contributed by atoms with Crippen LogP contribution in [0.1, 0.15) is 119 Å². The molecule has 8 N–H and O–H groups in total. The molecule has 2 aliphatic heterocycles. The number of carbonyl (C=O) groups excluding carboxylic acids is 2. The molecule has 0 aliphatic carbocycles. The summed E-state index contributed by atoms with van der Waals surface area (Å²) >= 11 is 0. The summed E-state index contributed by atoms with van der Waals surface area (Å²) in [5, 5.41) is 22.1. The second-order valence-corrected chi connectivity index (χ2v) is 15.1. The number of nitrogens with zero attached hydrogens (tertiary/aromatic N) is 5. The standard InChI is InChI=1S/C46H61N9O6/c1-6-31-32(7-2)38-25-40-34(14-11-21-57)29(4)43(54-40)27-51-41-23-30(61-22-12-16-44(58)55-36(45(59)60-5)15-10-19-49-46(47)48)17-18-35(41)50-26-42-28(3)33(13-8-9-20-56)39(53-42)24-37(31)52-38/h17-18,23-27,36,53,56-57H,6-16,19-22H2,1-5H3,(H,55,58)(H4,47,48,49). The van der Waals surface area contributed by atoms with Crippen LogP contribution in [0.4, 0.5) is 0 Å². The van der Waals surface area contributed by atoms with E-state index in [-0.39, 0.29) is 38.1 Å². The van der Waals surface area contributed by atoms with Gasteiger partial charge in [0.05, 0.1) is 65.4 Å². The summed E-state index contributed by atoms with van der Waals surface area (Å²) in [6, 6.07) is 8.89. The van der Waals surface area contributed by atoms with Gasteiger partial charge in [-0.2, -0.15) is 0 Å². The normalized spacial score (nSPS) is 12.9. The third-order valence-electron chi connectivity index (χ3n) is 10.9. The number of aliphatic imine (C=N–C) groups is 1. The Balaban J connectivity index is 1.54. The van der Waals surface area contributed by atoms with E-state index in [0.717, 1.165) is 76.1 Å². The molecular formula is C46H61N9O6. The molecule has 61 heavy (non-hydrogen) atoms. The van der Waals surface area contributed by atoms with Crippen molar-refractivity contribution in [2.45, 2.75) is 104 Å². The van der Waals surface area contributed by atoms with E-state index in [1.807, 2.05) is 31.3 Å². The molecule has 1 unspecified atom stereocenters. The highest BCUT2D eigenvalue weighted by molar-refractivity contribution is 5.95. The lowest BCUT2D eigenvalue weighted by Crippen LogP contribution is -2.41. The van der Waals surface area contributed by atoms with E-state index in [1.165, 1.54) is 18.3 Å². The number of aromatic nitrogens is 5. The fraction of sp³-hybridized carbons (Fsp3) is 0.457. The molecule has 15 nitrogen and oxygen atoms in total. The molecule has 15 heteroatoms. The lowest BCUT2D eigenvalue weighted by Gasteiger charge is -2.16. The van der Waals surface area contributed by atoms with E-state index in [0.29, 0.717) is 67.5 Å². The molecule has 3 aromatic rings. The van der Waals surface area contributed by atoms with Crippen LogP contribution in [-0.4, -0.2) is 92.5 Å². The number of aliphatic hydroxyl groups excluding tert-OH is 2. The Morgan fingerprint density at radius 3 is 2.23 bits per heavy atom. The number of H-pyrrole nitrogens is 1. The molecule has 0 saturated carbocycles. The van der Waals surface area contributed by atoms with E-state index in [9.17, 15) is 19.8 Å². The number of hydrogen-bond acceptors (Lipinski definition) is 11. The van der Waals surface area contributed by atoms with Crippen LogP contribution in [0.5, 0.6) is 5.75 Å². The number of allylic oxidation sites excluding steroid dienone is 4. The van der Waals surface area contributed by atoms with Crippen molar-refractivity contribution in [1.82, 2.24) is 30.2 Å². The number of guanidine groups is 1. The molecule has 0 fully saturated rings. The van der Waals surface area contributed by atoms with Gasteiger partial charge in [0.2, 0.25) is 5.91 Å². The zero-order valence-corrected chi connectivity index (χ0v) is 36.1. The number of aliphatic hydroxyl groups is 2. The highest BCUT2D eigenvalue weighted by Crippen LogP contribution is 2.38. The fourth-order valence-electron chi connectivity index (χ4n) is 7.63. The Kier molecular flexibility index (Phi) is 17.1. The first-order valence-corrected chi connectivity index (χ1v) is 21.3. The van der Waals surface area contributed by atoms with E-state index in [2.05, 4.69) is 48.2 Å². The van der Waals surface area contributed by atoms with Crippen molar-refractivity contribution < 1.29 is 29.3 Å². The van der Waals surface area contributed by atoms with Crippen molar-refractivity contribution in [1.29, 1.82) is 0 Å². The number of methoxy groups -OCH3 is 1. The Bertz CT molecular complexity index is 2350. The first kappa shape index (κ1) is 46.1. The number of rotatable bonds is 20. The topological polar surface area (TPSA) is 237 Å². The van der Waals surface area contributed by atoms with Crippen molar-refractivity contribution >= 4 is 62.2 Å². The molecule has 4 heterocycles. The SMILES string of the molecule is CCC1=C(CC)c2cc3[nH]c(cnc4ccc(OCCCC(=O)NC(CCCN=C(N)N)C(=O)OC)cc4ncc4nc(cc1n2)C(CCCO)=C4C)c(C)c3CCCCO. The van der Waals surface area contributed by atoms with Gasteiger partial charge >= 0.3 is 5.97 Å². The van der Waals surface area contributed by atoms with Crippen LogP contribution in [0, 0.1) is 6.92 Å². The average molecular weight is 836 g/mol. The number of fused-ring (bicyclic) bond motifs is 7. The van der Waals surface area contributed by atoms with Crippen LogP contribution in [0.2, 0.25) is 0 Å². The number of unbranched alkanes of at least 4 members (excludes halogenated alkanes) is 1. The van der Waals surface area contributed by atoms with E-state index < -0.39 is 12.0 Å². The van der Waals surface area contributed by atoms with Gasteiger partial charge in [-0.15, -0.1) is 0 Å². The average Bonchev–Trinajstić information content (AvgIpc) is 3.85. The molecule has 6 bridgehead atoms. The largest absolute Gasteiger partial charge is 0.494 e. The number of nitrogens with one attached hydrogen (secondary N) is 2. The van der Waals surface area contributed by atoms with Crippen molar-refractivity contribution in [3.05, 3.63) is 76.6 Å². The number of amides is 1. The molecule has 0 radical (unpaired) electrons. The number of aryl methyl sites for hydroxylation is 2. The number of nitrogens with two attached hydrogens (primary N) is 2. The van der Waals surface area contributed by atoms with Crippen molar-refractivity contribution in [2.75, 3.05) is 33.5 Å². The minimum atomic E-state index is -0.812. The van der Waals surface area contributed by atoms with Crippen molar-refractivity contribution in [3.63, 3.8) is 0 Å². The van der Waals surface area contributed by atoms with Crippen LogP contribution in [0.15, 0.2) is 47.7 Å². The maximum atomic E-state index is 12.8. The number of aromatic amines is 1. The summed E-state index contributed by atoms with van der Waals surface area (Å²) in [6.45, 7) is 9.20. The van der Waals surface area contributed by atoms with Gasteiger partial charge in [-0.25, -0.2) is 14.8 Å². The third kappa shape index (κ3) is 12.1. The molecule has 326 valence electrons. The van der Waals surface area contributed by atoms with Crippen molar-refractivity contribution in [3.8, 4) is 5.75 Å². The third-order valence-corrected chi connectivity index (χ3v) is 10.9. The maximum absolute atomic E-state index is 12.8. The number of carbonyl (C=O) groups is 2. The molecule has 1 amide bonds. The Morgan fingerprint density at radius 2 is 1.52 bits per heavy atom. The van der Waals surface area contributed by atoms with Gasteiger partial charge in [0.25, 0.3) is 0 Å². The van der Waals surface area contributed by atoms with Gasteiger partial charge in [-0.1, -0.05) is 13.8 Å². The smallest absolute Gasteiger partial charge is 0.328 e. The van der Waals surface area contributed by atoms with Gasteiger partial charge < -0.3 is 41.5 Å². The highest BCUT2D eigenvalue weighted by Gasteiger charge is 2.23. The number of hydrogen-bond donors (Lipinski definition) is 6. The van der Waals surface area contributed by atoms with Crippen LogP contribution in [0.25, 0.3) is 44.4 Å². The predicted molar refractivity (Wildman–Crippen MR) is 241 cm³/mol. The summed E-state index contributed by atoms with van der Waals surface area (Å²) in [5.41, 5.74) is 23.8. The van der Waals surface area contributed by atoms with Crippen LogP contribution >= 0.6 is 0 Å². The molecule has 1 aromatic carbocycles. The van der Waals surface area contributed by atoms with Gasteiger partial charge in [0.1, 0.15) is 11.8 Å². The number of ether oxygens (including phenoxy) is 2. The summed E-state index contributed by atoms with van der Waals surface area (Å²) in [6.07, 6.45) is 10.1. The highest BCUT2D eigenvalue weighted by atomic mass is 16.5. The quantitative estimate of drug-likeness (QED) is 0.0320. The summed E-state index contributed by atoms with van der Waals surface area (Å²) in [5.74, 6) is -0.331. The summed E-state index contributed by atoms with van der Waals surface area (Å²) < 4.78 is 11.0. The van der Waals surface area contributed by atoms with E-state index in [1.54, 1.807) is 6.20 Å². The van der Waals surface area contributed by atoms with Crippen LogP contribution in [0.3, 0.4) is 0 Å². The molecule has 5 rings (SSSR count). The van der Waals surface area contributed by atoms with Crippen LogP contribution < -0.4 is 21.5 Å². The minimum absolute atomic E-state index is 0.0354. The van der Waals surface area contributed by atoms with Crippen molar-refractivity contribution in [2.24, 2.45) is 16.5 Å². The molecule has 0 saturated heterocycles. The lowest BCUT2D eigenvalue weighted by molar-refractivity contribution is -0.145. The Morgan fingerprint density at radius 1 is 0.820 bits per heavy atom. The molecule has 0 spiro atoms. The Hall–Kier alpha value is -5.93. The lowest BCUT2D eigenvalue weighted by atomic mass is 9.98.